The molecule has 3 rings (SSSR count). The Labute approximate surface area is 163 Å². The van der Waals surface area contributed by atoms with E-state index in [1.54, 1.807) is 6.07 Å². The molecule has 2 aromatic rings. The van der Waals surface area contributed by atoms with Gasteiger partial charge in [0.1, 0.15) is 12.1 Å². The first-order chi connectivity index (χ1) is 13.4. The van der Waals surface area contributed by atoms with E-state index in [0.29, 0.717) is 6.42 Å². The van der Waals surface area contributed by atoms with Crippen molar-refractivity contribution >= 4 is 16.0 Å². The second-order valence-corrected chi connectivity index (χ2v) is 8.61. The van der Waals surface area contributed by atoms with Crippen molar-refractivity contribution in [3.8, 4) is 5.75 Å². The molecule has 2 atom stereocenters. The van der Waals surface area contributed by atoms with Gasteiger partial charge in [0.2, 0.25) is 10.0 Å². The molecule has 28 heavy (non-hydrogen) atoms. The number of hydrogen-bond donors (Lipinski definition) is 0. The van der Waals surface area contributed by atoms with Gasteiger partial charge in [-0.3, -0.25) is 4.79 Å². The van der Waals surface area contributed by atoms with E-state index in [2.05, 4.69) is 0 Å². The van der Waals surface area contributed by atoms with Crippen LogP contribution in [0, 0.1) is 5.82 Å². The molecule has 0 aromatic heterocycles. The Hall–Kier alpha value is -2.45. The van der Waals surface area contributed by atoms with Crippen LogP contribution in [0.4, 0.5) is 4.39 Å². The molecule has 150 valence electrons. The average molecular weight is 407 g/mol. The summed E-state index contributed by atoms with van der Waals surface area (Å²) >= 11 is 0. The van der Waals surface area contributed by atoms with Crippen LogP contribution < -0.4 is 4.74 Å². The molecule has 0 N–H and O–H groups in total. The van der Waals surface area contributed by atoms with Crippen LogP contribution in [0.3, 0.4) is 0 Å². The molecule has 0 spiro atoms. The molecule has 0 bridgehead atoms. The van der Waals surface area contributed by atoms with Gasteiger partial charge in [-0.2, -0.15) is 4.31 Å². The Morgan fingerprint density at radius 1 is 1.14 bits per heavy atom. The molecule has 0 aliphatic carbocycles. The van der Waals surface area contributed by atoms with E-state index in [1.165, 1.54) is 25.3 Å². The summed E-state index contributed by atoms with van der Waals surface area (Å²) in [6.45, 7) is -0.0365. The summed E-state index contributed by atoms with van der Waals surface area (Å²) in [5.74, 6) is -1.30. The maximum Gasteiger partial charge on any atom is 0.324 e. The molecular weight excluding hydrogens is 385 g/mol. The van der Waals surface area contributed by atoms with E-state index in [9.17, 15) is 17.6 Å². The summed E-state index contributed by atoms with van der Waals surface area (Å²) < 4.78 is 51.2. The monoisotopic (exact) mass is 407 g/mol. The quantitative estimate of drug-likeness (QED) is 0.659. The number of para-hydroxylation sites is 1. The number of aryl methyl sites for hydroxylation is 1. The zero-order valence-electron chi connectivity index (χ0n) is 15.5. The highest BCUT2D eigenvalue weighted by Crippen LogP contribution is 2.28. The molecule has 8 heteroatoms. The normalized spacial score (nSPS) is 20.1. The lowest BCUT2D eigenvalue weighted by Gasteiger charge is -2.21. The van der Waals surface area contributed by atoms with Crippen molar-refractivity contribution in [3.63, 3.8) is 0 Å². The Kier molecular flexibility index (Phi) is 6.31. The summed E-state index contributed by atoms with van der Waals surface area (Å²) in [5, 5.41) is 0. The van der Waals surface area contributed by atoms with Gasteiger partial charge >= 0.3 is 5.97 Å². The lowest BCUT2D eigenvalue weighted by atomic mass is 10.2. The number of hydrogen-bond acceptors (Lipinski definition) is 5. The topological polar surface area (TPSA) is 72.9 Å². The highest BCUT2D eigenvalue weighted by molar-refractivity contribution is 7.89. The molecule has 1 heterocycles. The molecule has 1 fully saturated rings. The largest absolute Gasteiger partial charge is 0.486 e. The summed E-state index contributed by atoms with van der Waals surface area (Å²) in [6.07, 6.45) is -0.217. The summed E-state index contributed by atoms with van der Waals surface area (Å²) in [4.78, 5) is 12.2. The lowest BCUT2D eigenvalue weighted by Crippen LogP contribution is -2.42. The van der Waals surface area contributed by atoms with Crippen molar-refractivity contribution in [3.05, 3.63) is 66.0 Å². The maximum atomic E-state index is 13.9. The number of sulfonamides is 1. The number of esters is 1. The van der Waals surface area contributed by atoms with Gasteiger partial charge in [0.25, 0.3) is 0 Å². The number of carbonyl (C=O) groups excluding carboxylic acids is 1. The highest BCUT2D eigenvalue weighted by atomic mass is 32.2. The summed E-state index contributed by atoms with van der Waals surface area (Å²) in [6, 6.07) is 14.1. The van der Waals surface area contributed by atoms with E-state index in [4.69, 9.17) is 9.47 Å². The van der Waals surface area contributed by atoms with E-state index in [0.717, 1.165) is 9.87 Å². The fourth-order valence-corrected chi connectivity index (χ4v) is 4.92. The maximum absolute atomic E-state index is 13.9. The summed E-state index contributed by atoms with van der Waals surface area (Å²) in [5.41, 5.74) is 0.888. The third-order valence-electron chi connectivity index (χ3n) is 4.67. The zero-order chi connectivity index (χ0) is 20.1. The van der Waals surface area contributed by atoms with Crippen molar-refractivity contribution in [1.29, 1.82) is 0 Å². The third-order valence-corrected chi connectivity index (χ3v) is 6.51. The second-order valence-electron chi connectivity index (χ2n) is 6.57. The number of rotatable bonds is 7. The molecule has 0 amide bonds. The molecule has 1 aliphatic heterocycles. The second kappa shape index (κ2) is 8.70. The predicted molar refractivity (Wildman–Crippen MR) is 102 cm³/mol. The van der Waals surface area contributed by atoms with Crippen LogP contribution in [0.1, 0.15) is 12.0 Å². The van der Waals surface area contributed by atoms with E-state index in [-0.39, 0.29) is 24.5 Å². The van der Waals surface area contributed by atoms with Gasteiger partial charge in [0, 0.05) is 6.42 Å². The van der Waals surface area contributed by atoms with Crippen LogP contribution in [-0.2, 0) is 26.0 Å². The predicted octanol–water partition coefficient (Wildman–Crippen LogP) is 2.39. The Bertz CT molecular complexity index is 919. The van der Waals surface area contributed by atoms with E-state index >= 15 is 0 Å². The molecule has 6 nitrogen and oxygen atoms in total. The van der Waals surface area contributed by atoms with Crippen LogP contribution in [0.15, 0.2) is 54.6 Å². The van der Waals surface area contributed by atoms with Gasteiger partial charge < -0.3 is 9.47 Å². The fraction of sp³-hybridized carbons (Fsp3) is 0.350. The minimum atomic E-state index is -3.74. The van der Waals surface area contributed by atoms with Crippen molar-refractivity contribution in [2.24, 2.45) is 0 Å². The number of benzene rings is 2. The zero-order valence-corrected chi connectivity index (χ0v) is 16.3. The van der Waals surface area contributed by atoms with Gasteiger partial charge in [-0.15, -0.1) is 0 Å². The SMILES string of the molecule is COC(=O)C1CC(Oc2ccccc2F)CN1S(=O)(=O)CCc1ccccc1. The van der Waals surface area contributed by atoms with E-state index in [1.807, 2.05) is 30.3 Å². The Morgan fingerprint density at radius 2 is 1.82 bits per heavy atom. The van der Waals surface area contributed by atoms with Gasteiger partial charge in [0.15, 0.2) is 11.6 Å². The summed E-state index contributed by atoms with van der Waals surface area (Å²) in [7, 11) is -2.53. The Morgan fingerprint density at radius 3 is 2.50 bits per heavy atom. The fourth-order valence-electron chi connectivity index (χ4n) is 3.24. The molecule has 1 saturated heterocycles. The molecule has 0 saturated carbocycles. The first kappa shape index (κ1) is 20.3. The minimum Gasteiger partial charge on any atom is -0.486 e. The first-order valence-electron chi connectivity index (χ1n) is 8.93. The first-order valence-corrected chi connectivity index (χ1v) is 10.5. The molecule has 2 aromatic carbocycles. The van der Waals surface area contributed by atoms with Crippen LogP contribution in [0.5, 0.6) is 5.75 Å². The number of ether oxygens (including phenoxy) is 2. The average Bonchev–Trinajstić information content (AvgIpc) is 3.13. The molecule has 0 radical (unpaired) electrons. The van der Waals surface area contributed by atoms with Crippen molar-refractivity contribution in [2.45, 2.75) is 25.0 Å². The lowest BCUT2D eigenvalue weighted by molar-refractivity contribution is -0.144. The minimum absolute atomic E-state index is 0.0275. The highest BCUT2D eigenvalue weighted by Gasteiger charge is 2.45. The van der Waals surface area contributed by atoms with Crippen molar-refractivity contribution in [1.82, 2.24) is 4.31 Å². The van der Waals surface area contributed by atoms with Crippen LogP contribution in [0.2, 0.25) is 0 Å². The van der Waals surface area contributed by atoms with Crippen LogP contribution in [0.25, 0.3) is 0 Å². The van der Waals surface area contributed by atoms with Gasteiger partial charge in [-0.1, -0.05) is 42.5 Å². The van der Waals surface area contributed by atoms with E-state index < -0.39 is 34.0 Å². The molecular formula is C20H22FNO5S. The Balaban J connectivity index is 1.75. The van der Waals surface area contributed by atoms with Crippen LogP contribution in [-0.4, -0.2) is 50.2 Å². The third kappa shape index (κ3) is 4.69. The van der Waals surface area contributed by atoms with Crippen LogP contribution >= 0.6 is 0 Å². The number of methoxy groups -OCH3 is 1. The van der Waals surface area contributed by atoms with Crippen molar-refractivity contribution in [2.75, 3.05) is 19.4 Å². The number of carbonyl (C=O) groups is 1. The molecule has 2 unspecified atom stereocenters. The number of halogens is 1. The van der Waals surface area contributed by atoms with Crippen molar-refractivity contribution < 1.29 is 27.1 Å². The standard InChI is InChI=1S/C20H22FNO5S/c1-26-20(23)18-13-16(27-19-10-6-5-9-17(19)21)14-22(18)28(24,25)12-11-15-7-3-2-4-8-15/h2-10,16,18H,11-14H2,1H3. The van der Waals surface area contributed by atoms with Gasteiger partial charge in [0.05, 0.1) is 19.4 Å². The number of nitrogens with zero attached hydrogens (tertiary/aromatic N) is 1. The van der Waals surface area contributed by atoms with Gasteiger partial charge in [-0.05, 0) is 24.1 Å². The van der Waals surface area contributed by atoms with Gasteiger partial charge in [-0.25, -0.2) is 12.8 Å². The molecule has 1 aliphatic rings. The smallest absolute Gasteiger partial charge is 0.324 e.